The number of carbonyl (C=O) groups is 2. The number of fused-ring (bicyclic) bond motifs is 1. The molecule has 0 aromatic heterocycles. The number of piperazine rings is 1. The number of nitrogens with two attached hydrogens (primary N) is 1. The minimum Gasteiger partial charge on any atom is -0.366 e. The summed E-state index contributed by atoms with van der Waals surface area (Å²) >= 11 is 6.10. The molecule has 2 unspecified atom stereocenters. The van der Waals surface area contributed by atoms with Gasteiger partial charge in [0.05, 0.1) is 23.7 Å². The highest BCUT2D eigenvalue weighted by molar-refractivity contribution is 7.92. The number of hydrogen-bond donors (Lipinski definition) is 3. The second-order valence-corrected chi connectivity index (χ2v) is 13.6. The van der Waals surface area contributed by atoms with Crippen LogP contribution in [0.3, 0.4) is 0 Å². The molecule has 0 saturated carbocycles. The summed E-state index contributed by atoms with van der Waals surface area (Å²) in [6.07, 6.45) is 2.06. The molecule has 2 aliphatic heterocycles. The Morgan fingerprint density at radius 3 is 2.34 bits per heavy atom. The van der Waals surface area contributed by atoms with Gasteiger partial charge >= 0.3 is 0 Å². The number of para-hydroxylation sites is 2. The Morgan fingerprint density at radius 1 is 1.00 bits per heavy atom. The standard InChI is InChI=1S/C32H39ClN6O4S/c1-44(42,43)39(15-14-34)30-9-5-4-8-29(30)37-16-18-38(19-17-37)32(41)28(20-23-10-12-26(33)13-11-23)36-31(40)27-21-24-6-2-3-7-25(24)22-35-27/h2-13,27-28,35H,14-22,34H2,1H3,(H,36,40). The molecule has 2 heterocycles. The molecular weight excluding hydrogens is 600 g/mol. The summed E-state index contributed by atoms with van der Waals surface area (Å²) in [5, 5.41) is 6.96. The molecule has 1 fully saturated rings. The first-order chi connectivity index (χ1) is 21.1. The lowest BCUT2D eigenvalue weighted by atomic mass is 9.95. The number of halogens is 1. The van der Waals surface area contributed by atoms with Crippen molar-refractivity contribution in [2.45, 2.75) is 31.5 Å². The van der Waals surface area contributed by atoms with Crippen molar-refractivity contribution in [3.63, 3.8) is 0 Å². The van der Waals surface area contributed by atoms with Crippen LogP contribution >= 0.6 is 11.6 Å². The lowest BCUT2D eigenvalue weighted by Gasteiger charge is -2.39. The number of nitrogens with zero attached hydrogens (tertiary/aromatic N) is 3. The van der Waals surface area contributed by atoms with E-state index in [9.17, 15) is 18.0 Å². The van der Waals surface area contributed by atoms with Gasteiger partial charge in [0.2, 0.25) is 21.8 Å². The number of carbonyl (C=O) groups excluding carboxylic acids is 2. The maximum atomic E-state index is 14.0. The highest BCUT2D eigenvalue weighted by Crippen LogP contribution is 2.31. The Bertz CT molecular complexity index is 1580. The molecule has 10 nitrogen and oxygen atoms in total. The van der Waals surface area contributed by atoms with Gasteiger partial charge in [0.25, 0.3) is 0 Å². The first-order valence-electron chi connectivity index (χ1n) is 14.8. The molecule has 4 N–H and O–H groups in total. The van der Waals surface area contributed by atoms with E-state index in [1.54, 1.807) is 29.2 Å². The molecular formula is C32H39ClN6O4S. The molecule has 5 rings (SSSR count). The van der Waals surface area contributed by atoms with Crippen LogP contribution in [0.15, 0.2) is 72.8 Å². The number of nitrogens with one attached hydrogen (secondary N) is 2. The predicted molar refractivity (Wildman–Crippen MR) is 174 cm³/mol. The van der Waals surface area contributed by atoms with Crippen molar-refractivity contribution in [3.05, 3.63) is 94.5 Å². The second kappa shape index (κ2) is 14.0. The molecule has 0 bridgehead atoms. The first kappa shape index (κ1) is 31.8. The molecule has 0 spiro atoms. The molecule has 234 valence electrons. The van der Waals surface area contributed by atoms with E-state index in [-0.39, 0.29) is 24.9 Å². The van der Waals surface area contributed by atoms with Crippen molar-refractivity contribution < 1.29 is 18.0 Å². The topological polar surface area (TPSA) is 128 Å². The van der Waals surface area contributed by atoms with Crippen molar-refractivity contribution in [3.8, 4) is 0 Å². The van der Waals surface area contributed by atoms with Gasteiger partial charge in [0.1, 0.15) is 6.04 Å². The average molecular weight is 639 g/mol. The van der Waals surface area contributed by atoms with Crippen LogP contribution in [0.25, 0.3) is 0 Å². The zero-order valence-electron chi connectivity index (χ0n) is 24.8. The second-order valence-electron chi connectivity index (χ2n) is 11.2. The number of rotatable bonds is 10. The number of amides is 2. The Morgan fingerprint density at radius 2 is 1.66 bits per heavy atom. The molecule has 3 aromatic carbocycles. The molecule has 0 aliphatic carbocycles. The Hall–Kier alpha value is -3.64. The Kier molecular flexibility index (Phi) is 10.1. The summed E-state index contributed by atoms with van der Waals surface area (Å²) in [5.74, 6) is -0.363. The van der Waals surface area contributed by atoms with Crippen LogP contribution in [0.1, 0.15) is 16.7 Å². The van der Waals surface area contributed by atoms with Crippen LogP contribution in [0, 0.1) is 0 Å². The van der Waals surface area contributed by atoms with Gasteiger partial charge in [-0.05, 0) is 47.4 Å². The average Bonchev–Trinajstić information content (AvgIpc) is 3.03. The number of anilines is 2. The van der Waals surface area contributed by atoms with E-state index in [1.165, 1.54) is 16.1 Å². The molecule has 0 radical (unpaired) electrons. The zero-order valence-corrected chi connectivity index (χ0v) is 26.4. The number of sulfonamides is 1. The summed E-state index contributed by atoms with van der Waals surface area (Å²) in [6, 6.07) is 21.5. The summed E-state index contributed by atoms with van der Waals surface area (Å²) in [5.41, 5.74) is 10.3. The minimum atomic E-state index is -3.54. The smallest absolute Gasteiger partial charge is 0.245 e. The maximum absolute atomic E-state index is 14.0. The highest BCUT2D eigenvalue weighted by atomic mass is 35.5. The third-order valence-electron chi connectivity index (χ3n) is 8.18. The SMILES string of the molecule is CS(=O)(=O)N(CCN)c1ccccc1N1CCN(C(=O)C(Cc2ccc(Cl)cc2)NC(=O)C2Cc3ccccc3CN2)CC1. The molecule has 3 aromatic rings. The quantitative estimate of drug-likeness (QED) is 0.311. The fourth-order valence-electron chi connectivity index (χ4n) is 5.88. The van der Waals surface area contributed by atoms with Crippen molar-refractivity contribution in [2.75, 3.05) is 54.7 Å². The van der Waals surface area contributed by atoms with E-state index < -0.39 is 22.1 Å². The molecule has 44 heavy (non-hydrogen) atoms. The van der Waals surface area contributed by atoms with Gasteiger partial charge in [-0.1, -0.05) is 60.1 Å². The predicted octanol–water partition coefficient (Wildman–Crippen LogP) is 2.16. The van der Waals surface area contributed by atoms with Crippen LogP contribution in [0.4, 0.5) is 11.4 Å². The van der Waals surface area contributed by atoms with Gasteiger partial charge in [0, 0.05) is 57.3 Å². The third kappa shape index (κ3) is 7.52. The zero-order chi connectivity index (χ0) is 31.3. The highest BCUT2D eigenvalue weighted by Gasteiger charge is 2.33. The van der Waals surface area contributed by atoms with E-state index in [0.717, 1.165) is 16.8 Å². The van der Waals surface area contributed by atoms with Crippen molar-refractivity contribution in [1.29, 1.82) is 0 Å². The van der Waals surface area contributed by atoms with Crippen LogP contribution in [0.2, 0.25) is 5.02 Å². The Labute approximate surface area is 264 Å². The maximum Gasteiger partial charge on any atom is 0.245 e. The fourth-order valence-corrected chi connectivity index (χ4v) is 6.96. The summed E-state index contributed by atoms with van der Waals surface area (Å²) < 4.78 is 26.4. The molecule has 2 aliphatic rings. The van der Waals surface area contributed by atoms with Gasteiger partial charge in [-0.25, -0.2) is 8.42 Å². The summed E-state index contributed by atoms with van der Waals surface area (Å²) in [6.45, 7) is 2.80. The first-order valence-corrected chi connectivity index (χ1v) is 17.0. The van der Waals surface area contributed by atoms with Crippen LogP contribution < -0.4 is 25.6 Å². The van der Waals surface area contributed by atoms with E-state index >= 15 is 0 Å². The molecule has 2 atom stereocenters. The molecule has 2 amide bonds. The summed E-state index contributed by atoms with van der Waals surface area (Å²) in [7, 11) is -3.54. The van der Waals surface area contributed by atoms with Gasteiger partial charge in [0.15, 0.2) is 0 Å². The van der Waals surface area contributed by atoms with E-state index in [1.807, 2.05) is 42.5 Å². The summed E-state index contributed by atoms with van der Waals surface area (Å²) in [4.78, 5) is 31.3. The van der Waals surface area contributed by atoms with Gasteiger partial charge in [-0.15, -0.1) is 0 Å². The van der Waals surface area contributed by atoms with Crippen LogP contribution in [0.5, 0.6) is 0 Å². The minimum absolute atomic E-state index is 0.154. The lowest BCUT2D eigenvalue weighted by molar-refractivity contribution is -0.137. The van der Waals surface area contributed by atoms with Crippen LogP contribution in [-0.2, 0) is 39.0 Å². The van der Waals surface area contributed by atoms with Crippen LogP contribution in [-0.4, -0.2) is 82.7 Å². The number of benzene rings is 3. The molecule has 12 heteroatoms. The van der Waals surface area contributed by atoms with E-state index in [4.69, 9.17) is 17.3 Å². The largest absolute Gasteiger partial charge is 0.366 e. The third-order valence-corrected chi connectivity index (χ3v) is 9.61. The molecule has 1 saturated heterocycles. The lowest BCUT2D eigenvalue weighted by Crippen LogP contribution is -2.58. The van der Waals surface area contributed by atoms with Gasteiger partial charge < -0.3 is 26.2 Å². The van der Waals surface area contributed by atoms with Gasteiger partial charge in [-0.3, -0.25) is 13.9 Å². The van der Waals surface area contributed by atoms with Crippen molar-refractivity contribution in [1.82, 2.24) is 15.5 Å². The van der Waals surface area contributed by atoms with E-state index in [2.05, 4.69) is 21.6 Å². The Balaban J connectivity index is 1.30. The van der Waals surface area contributed by atoms with Crippen molar-refractivity contribution >= 4 is 44.8 Å². The fraction of sp³-hybridized carbons (Fsp3) is 0.375. The van der Waals surface area contributed by atoms with E-state index in [0.29, 0.717) is 56.3 Å². The van der Waals surface area contributed by atoms with Gasteiger partial charge in [-0.2, -0.15) is 0 Å². The normalized spacial score (nSPS) is 17.5. The van der Waals surface area contributed by atoms with Crippen molar-refractivity contribution in [2.24, 2.45) is 5.73 Å². The number of hydrogen-bond acceptors (Lipinski definition) is 7. The monoisotopic (exact) mass is 638 g/mol.